The van der Waals surface area contributed by atoms with Crippen LogP contribution in [0.4, 0.5) is 0 Å². The number of nitrogens with zero attached hydrogens (tertiary/aromatic N) is 1. The molecule has 5 heteroatoms. The first-order valence-corrected chi connectivity index (χ1v) is 9.49. The van der Waals surface area contributed by atoms with Crippen LogP contribution in [0.5, 0.6) is 0 Å². The van der Waals surface area contributed by atoms with Crippen molar-refractivity contribution in [1.29, 1.82) is 0 Å². The molecule has 0 saturated heterocycles. The first-order chi connectivity index (χ1) is 9.17. The molecule has 0 aromatic heterocycles. The van der Waals surface area contributed by atoms with E-state index in [1.807, 2.05) is 0 Å². The van der Waals surface area contributed by atoms with Gasteiger partial charge >= 0.3 is 8.80 Å². The SMILES string of the molecule is CCCCN(CCCC)CCC[Si](OC)(OC)OC. The molecule has 0 aromatic carbocycles. The average Bonchev–Trinajstić information content (AvgIpc) is 2.46. The molecule has 0 heterocycles. The van der Waals surface area contributed by atoms with Crippen LogP contribution in [0.1, 0.15) is 46.0 Å². The Morgan fingerprint density at radius 1 is 0.737 bits per heavy atom. The van der Waals surface area contributed by atoms with Crippen molar-refractivity contribution in [2.45, 2.75) is 52.0 Å². The van der Waals surface area contributed by atoms with Crippen LogP contribution in [-0.4, -0.2) is 54.7 Å². The fraction of sp³-hybridized carbons (Fsp3) is 1.00. The summed E-state index contributed by atoms with van der Waals surface area (Å²) in [4.78, 5) is 2.56. The molecule has 0 aromatic rings. The molecule has 0 aliphatic heterocycles. The Hall–Kier alpha value is 0.0569. The van der Waals surface area contributed by atoms with Gasteiger partial charge in [0, 0.05) is 27.4 Å². The molecule has 4 nitrogen and oxygen atoms in total. The Labute approximate surface area is 120 Å². The van der Waals surface area contributed by atoms with E-state index in [1.165, 1.54) is 38.8 Å². The Bertz CT molecular complexity index is 185. The molecule has 0 N–H and O–H groups in total. The first kappa shape index (κ1) is 19.1. The molecule has 0 aliphatic rings. The van der Waals surface area contributed by atoms with E-state index in [0.717, 1.165) is 19.0 Å². The van der Waals surface area contributed by atoms with Gasteiger partial charge in [0.1, 0.15) is 0 Å². The van der Waals surface area contributed by atoms with Gasteiger partial charge in [0.25, 0.3) is 0 Å². The van der Waals surface area contributed by atoms with Gasteiger partial charge in [-0.2, -0.15) is 0 Å². The van der Waals surface area contributed by atoms with E-state index >= 15 is 0 Å². The predicted molar refractivity (Wildman–Crippen MR) is 82.5 cm³/mol. The topological polar surface area (TPSA) is 30.9 Å². The maximum atomic E-state index is 5.46. The van der Waals surface area contributed by atoms with Gasteiger partial charge in [-0.3, -0.25) is 0 Å². The van der Waals surface area contributed by atoms with Crippen LogP contribution in [0.3, 0.4) is 0 Å². The molecule has 0 bridgehead atoms. The summed E-state index contributed by atoms with van der Waals surface area (Å²) in [7, 11) is 2.68. The van der Waals surface area contributed by atoms with E-state index in [0.29, 0.717) is 0 Å². The van der Waals surface area contributed by atoms with Crippen molar-refractivity contribution in [3.05, 3.63) is 0 Å². The zero-order valence-corrected chi connectivity index (χ0v) is 14.5. The van der Waals surface area contributed by atoms with Crippen LogP contribution in [0, 0.1) is 0 Å². The molecule has 0 aliphatic carbocycles. The second-order valence-corrected chi connectivity index (χ2v) is 8.04. The van der Waals surface area contributed by atoms with Gasteiger partial charge < -0.3 is 18.2 Å². The highest BCUT2D eigenvalue weighted by molar-refractivity contribution is 6.60. The van der Waals surface area contributed by atoms with Gasteiger partial charge in [-0.15, -0.1) is 0 Å². The predicted octanol–water partition coefficient (Wildman–Crippen LogP) is 3.16. The summed E-state index contributed by atoms with van der Waals surface area (Å²) in [5.74, 6) is 0. The first-order valence-electron chi connectivity index (χ1n) is 7.55. The maximum absolute atomic E-state index is 5.46. The molecule has 0 saturated carbocycles. The Morgan fingerprint density at radius 2 is 1.16 bits per heavy atom. The van der Waals surface area contributed by atoms with Gasteiger partial charge in [-0.25, -0.2) is 0 Å². The summed E-state index contributed by atoms with van der Waals surface area (Å²) in [6.07, 6.45) is 6.16. The molecule has 0 spiro atoms. The number of hydrogen-bond donors (Lipinski definition) is 0. The van der Waals surface area contributed by atoms with E-state index in [4.69, 9.17) is 13.3 Å². The van der Waals surface area contributed by atoms with Gasteiger partial charge in [0.2, 0.25) is 0 Å². The van der Waals surface area contributed by atoms with Gasteiger partial charge in [-0.05, 0) is 38.9 Å². The highest BCUT2D eigenvalue weighted by Gasteiger charge is 2.36. The summed E-state index contributed by atoms with van der Waals surface area (Å²) in [5.41, 5.74) is 0. The van der Waals surface area contributed by atoms with Crippen molar-refractivity contribution < 1.29 is 13.3 Å². The van der Waals surface area contributed by atoms with Crippen molar-refractivity contribution in [3.63, 3.8) is 0 Å². The molecule has 0 atom stereocenters. The lowest BCUT2D eigenvalue weighted by Crippen LogP contribution is -2.43. The lowest BCUT2D eigenvalue weighted by molar-refractivity contribution is 0.121. The van der Waals surface area contributed by atoms with E-state index in [-0.39, 0.29) is 0 Å². The minimum Gasteiger partial charge on any atom is -0.377 e. The summed E-state index contributed by atoms with van der Waals surface area (Å²) in [6, 6.07) is 0.894. The fourth-order valence-corrected chi connectivity index (χ4v) is 3.88. The Balaban J connectivity index is 4.07. The molecule has 0 amide bonds. The molecule has 19 heavy (non-hydrogen) atoms. The Kier molecular flexibility index (Phi) is 11.9. The number of rotatable bonds is 13. The van der Waals surface area contributed by atoms with Crippen LogP contribution in [0.25, 0.3) is 0 Å². The van der Waals surface area contributed by atoms with E-state index in [9.17, 15) is 0 Å². The quantitative estimate of drug-likeness (QED) is 0.488. The third-order valence-corrected chi connectivity index (χ3v) is 6.38. The lowest BCUT2D eigenvalue weighted by Gasteiger charge is -2.26. The van der Waals surface area contributed by atoms with Crippen molar-refractivity contribution in [2.24, 2.45) is 0 Å². The van der Waals surface area contributed by atoms with Gasteiger partial charge in [-0.1, -0.05) is 26.7 Å². The zero-order chi connectivity index (χ0) is 14.6. The van der Waals surface area contributed by atoms with Crippen molar-refractivity contribution in [3.8, 4) is 0 Å². The van der Waals surface area contributed by atoms with Crippen LogP contribution in [-0.2, 0) is 13.3 Å². The molecule has 0 radical (unpaired) electrons. The third-order valence-electron chi connectivity index (χ3n) is 3.55. The molecule has 0 rings (SSSR count). The standard InChI is InChI=1S/C14H33NO3Si/c1-6-8-11-15(12-9-7-2)13-10-14-19(16-3,17-4)18-5/h6-14H2,1-5H3. The van der Waals surface area contributed by atoms with Crippen molar-refractivity contribution in [2.75, 3.05) is 41.0 Å². The molecule has 0 unspecified atom stereocenters. The molecular formula is C14H33NO3Si. The third kappa shape index (κ3) is 8.04. The van der Waals surface area contributed by atoms with E-state index in [1.54, 1.807) is 21.3 Å². The summed E-state index contributed by atoms with van der Waals surface area (Å²) in [5, 5.41) is 0. The summed E-state index contributed by atoms with van der Waals surface area (Å²) in [6.45, 7) is 8.02. The van der Waals surface area contributed by atoms with Gasteiger partial charge in [0.05, 0.1) is 0 Å². The van der Waals surface area contributed by atoms with E-state index in [2.05, 4.69) is 18.7 Å². The Morgan fingerprint density at radius 3 is 1.53 bits per heavy atom. The van der Waals surface area contributed by atoms with Crippen molar-refractivity contribution in [1.82, 2.24) is 4.90 Å². The van der Waals surface area contributed by atoms with Crippen LogP contribution >= 0.6 is 0 Å². The highest BCUT2D eigenvalue weighted by Crippen LogP contribution is 2.15. The zero-order valence-electron chi connectivity index (χ0n) is 13.5. The average molecular weight is 292 g/mol. The smallest absolute Gasteiger partial charge is 0.377 e. The van der Waals surface area contributed by atoms with Crippen LogP contribution < -0.4 is 0 Å². The number of hydrogen-bond acceptors (Lipinski definition) is 4. The second kappa shape index (κ2) is 11.8. The lowest BCUT2D eigenvalue weighted by atomic mass is 10.2. The molecular weight excluding hydrogens is 258 g/mol. The summed E-state index contributed by atoms with van der Waals surface area (Å²) >= 11 is 0. The second-order valence-electron chi connectivity index (χ2n) is 4.95. The minimum atomic E-state index is -2.37. The molecule has 116 valence electrons. The monoisotopic (exact) mass is 291 g/mol. The number of unbranched alkanes of at least 4 members (excludes halogenated alkanes) is 2. The fourth-order valence-electron chi connectivity index (χ4n) is 2.17. The normalized spacial score (nSPS) is 12.3. The van der Waals surface area contributed by atoms with Crippen LogP contribution in [0.15, 0.2) is 0 Å². The van der Waals surface area contributed by atoms with Crippen molar-refractivity contribution >= 4 is 8.80 Å². The maximum Gasteiger partial charge on any atom is 0.500 e. The van der Waals surface area contributed by atoms with E-state index < -0.39 is 8.80 Å². The summed E-state index contributed by atoms with van der Waals surface area (Å²) < 4.78 is 16.4. The van der Waals surface area contributed by atoms with Crippen LogP contribution in [0.2, 0.25) is 6.04 Å². The highest BCUT2D eigenvalue weighted by atomic mass is 28.4. The largest absolute Gasteiger partial charge is 0.500 e. The van der Waals surface area contributed by atoms with Gasteiger partial charge in [0.15, 0.2) is 0 Å². The minimum absolute atomic E-state index is 0.894. The molecule has 0 fully saturated rings.